The molecule has 1 aliphatic carbocycles. The van der Waals surface area contributed by atoms with Crippen molar-refractivity contribution in [2.24, 2.45) is 0 Å². The van der Waals surface area contributed by atoms with E-state index in [1.807, 2.05) is 4.90 Å². The van der Waals surface area contributed by atoms with Gasteiger partial charge in [0.1, 0.15) is 12.1 Å². The van der Waals surface area contributed by atoms with Gasteiger partial charge in [0.15, 0.2) is 5.03 Å². The lowest BCUT2D eigenvalue weighted by Crippen LogP contribution is -2.36. The summed E-state index contributed by atoms with van der Waals surface area (Å²) in [6.07, 6.45) is 5.53. The van der Waals surface area contributed by atoms with Gasteiger partial charge in [0.25, 0.3) is 0 Å². The summed E-state index contributed by atoms with van der Waals surface area (Å²) in [5.74, 6) is 0.356. The molecule has 0 unspecified atom stereocenters. The second-order valence-corrected chi connectivity index (χ2v) is 13.9. The van der Waals surface area contributed by atoms with Crippen molar-refractivity contribution in [2.45, 2.75) is 75.2 Å². The first-order chi connectivity index (χ1) is 16.1. The van der Waals surface area contributed by atoms with E-state index in [9.17, 15) is 8.42 Å². The minimum absolute atomic E-state index is 0.0100. The van der Waals surface area contributed by atoms with Crippen molar-refractivity contribution in [2.75, 3.05) is 19.0 Å². The van der Waals surface area contributed by atoms with E-state index in [4.69, 9.17) is 9.51 Å². The van der Waals surface area contributed by atoms with Gasteiger partial charge in [-0.2, -0.15) is 0 Å². The highest BCUT2D eigenvalue weighted by Crippen LogP contribution is 2.47. The zero-order valence-corrected chi connectivity index (χ0v) is 22.0. The Morgan fingerprint density at radius 2 is 1.76 bits per heavy atom. The van der Waals surface area contributed by atoms with E-state index < -0.39 is 9.84 Å². The molecule has 2 aliphatic rings. The minimum atomic E-state index is -3.45. The molecule has 8 heteroatoms. The zero-order chi connectivity index (χ0) is 24.1. The number of hydrogen-bond acceptors (Lipinski definition) is 7. The van der Waals surface area contributed by atoms with Crippen molar-refractivity contribution >= 4 is 21.2 Å². The molecule has 1 aromatic carbocycles. The fourth-order valence-electron chi connectivity index (χ4n) is 5.33. The first kappa shape index (κ1) is 23.7. The Morgan fingerprint density at radius 3 is 2.44 bits per heavy atom. The summed E-state index contributed by atoms with van der Waals surface area (Å²) in [6.45, 7) is 10.9. The molecule has 34 heavy (non-hydrogen) atoms. The average molecular weight is 500 g/mol. The van der Waals surface area contributed by atoms with E-state index >= 15 is 0 Å². The molecule has 0 N–H and O–H groups in total. The number of thiazole rings is 1. The molecule has 0 amide bonds. The van der Waals surface area contributed by atoms with Crippen molar-refractivity contribution in [3.8, 4) is 11.3 Å². The Kier molecular flexibility index (Phi) is 5.97. The number of aromatic nitrogens is 2. The van der Waals surface area contributed by atoms with Crippen molar-refractivity contribution < 1.29 is 12.9 Å². The van der Waals surface area contributed by atoms with Gasteiger partial charge in [-0.25, -0.2) is 13.4 Å². The number of likely N-dealkylation sites (tertiary alicyclic amines) is 1. The van der Waals surface area contributed by atoms with Crippen LogP contribution in [0.4, 0.5) is 0 Å². The summed E-state index contributed by atoms with van der Waals surface area (Å²) >= 11 is 1.73. The van der Waals surface area contributed by atoms with E-state index in [0.29, 0.717) is 5.92 Å². The van der Waals surface area contributed by atoms with Gasteiger partial charge in [-0.1, -0.05) is 45.0 Å². The maximum atomic E-state index is 12.5. The highest BCUT2D eigenvalue weighted by Gasteiger charge is 2.37. The summed E-state index contributed by atoms with van der Waals surface area (Å²) in [4.78, 5) is 7.03. The van der Waals surface area contributed by atoms with Crippen molar-refractivity contribution in [3.05, 3.63) is 52.0 Å². The molecule has 1 fully saturated rings. The molecule has 5 rings (SSSR count). The Morgan fingerprint density at radius 1 is 1.06 bits per heavy atom. The smallest absolute Gasteiger partial charge is 0.212 e. The van der Waals surface area contributed by atoms with Crippen molar-refractivity contribution in [1.29, 1.82) is 0 Å². The molecular weight excluding hydrogens is 466 g/mol. The summed E-state index contributed by atoms with van der Waals surface area (Å²) in [5, 5.41) is 6.94. The van der Waals surface area contributed by atoms with Gasteiger partial charge >= 0.3 is 0 Å². The molecule has 0 bridgehead atoms. The number of sulfone groups is 1. The number of hydrogen-bond donors (Lipinski definition) is 0. The Bertz CT molecular complexity index is 1270. The van der Waals surface area contributed by atoms with Gasteiger partial charge in [-0.05, 0) is 66.8 Å². The summed E-state index contributed by atoms with van der Waals surface area (Å²) in [7, 11) is -3.45. The second-order valence-electron chi connectivity index (χ2n) is 11.1. The van der Waals surface area contributed by atoms with Gasteiger partial charge in [0.2, 0.25) is 9.84 Å². The fraction of sp³-hybridized carbons (Fsp3) is 0.538. The van der Waals surface area contributed by atoms with Gasteiger partial charge < -0.3 is 4.52 Å². The molecule has 0 radical (unpaired) electrons. The van der Waals surface area contributed by atoms with Gasteiger partial charge in [0, 0.05) is 22.9 Å². The van der Waals surface area contributed by atoms with Gasteiger partial charge in [-0.3, -0.25) is 4.90 Å². The van der Waals surface area contributed by atoms with Gasteiger partial charge in [-0.15, -0.1) is 11.3 Å². The number of rotatable bonds is 5. The minimum Gasteiger partial charge on any atom is -0.363 e. The third kappa shape index (κ3) is 4.48. The monoisotopic (exact) mass is 499 g/mol. The maximum Gasteiger partial charge on any atom is 0.212 e. The first-order valence-electron chi connectivity index (χ1n) is 12.0. The standard InChI is InChI=1S/C26H33N3O3S2/c1-25(2)10-11-26(3,4)21-15-19(5-6-20(21)25)22-16-33-24(27-22)18-7-12-29(13-8-18)17-34(30,31)23-9-14-32-28-23/h5-6,9,14-16,18H,7-8,10-13,17H2,1-4H3. The van der Waals surface area contributed by atoms with E-state index in [0.717, 1.165) is 36.6 Å². The highest BCUT2D eigenvalue weighted by molar-refractivity contribution is 7.91. The lowest BCUT2D eigenvalue weighted by Gasteiger charge is -2.42. The van der Waals surface area contributed by atoms with Crippen LogP contribution in [0.15, 0.2) is 45.5 Å². The van der Waals surface area contributed by atoms with Crippen LogP contribution in [0.3, 0.4) is 0 Å². The zero-order valence-electron chi connectivity index (χ0n) is 20.4. The van der Waals surface area contributed by atoms with E-state index in [2.05, 4.69) is 56.4 Å². The van der Waals surface area contributed by atoms with E-state index in [1.54, 1.807) is 11.3 Å². The third-order valence-electron chi connectivity index (χ3n) is 7.69. The maximum absolute atomic E-state index is 12.5. The average Bonchev–Trinajstić information content (AvgIpc) is 3.50. The Labute approximate surface area is 206 Å². The second kappa shape index (κ2) is 8.57. The third-order valence-corrected chi connectivity index (χ3v) is 10.3. The molecule has 3 heterocycles. The molecule has 182 valence electrons. The summed E-state index contributed by atoms with van der Waals surface area (Å²) in [6, 6.07) is 8.32. The fourth-order valence-corrected chi connectivity index (χ4v) is 7.62. The predicted octanol–water partition coefficient (Wildman–Crippen LogP) is 5.76. The van der Waals surface area contributed by atoms with Crippen LogP contribution < -0.4 is 0 Å². The van der Waals surface area contributed by atoms with Crippen molar-refractivity contribution in [3.63, 3.8) is 0 Å². The Balaban J connectivity index is 1.28. The van der Waals surface area contributed by atoms with Crippen LogP contribution in [0.1, 0.15) is 75.4 Å². The summed E-state index contributed by atoms with van der Waals surface area (Å²) < 4.78 is 29.7. The van der Waals surface area contributed by atoms with Gasteiger partial charge in [0.05, 0.1) is 10.7 Å². The molecular formula is C26H33N3O3S2. The first-order valence-corrected chi connectivity index (χ1v) is 14.5. The van der Waals surface area contributed by atoms with Crippen LogP contribution in [-0.2, 0) is 20.7 Å². The molecule has 0 atom stereocenters. The molecule has 0 saturated carbocycles. The normalized spacial score (nSPS) is 20.8. The van der Waals surface area contributed by atoms with Crippen LogP contribution in [0.2, 0.25) is 0 Å². The quantitative estimate of drug-likeness (QED) is 0.444. The number of fused-ring (bicyclic) bond motifs is 1. The predicted molar refractivity (Wildman–Crippen MR) is 135 cm³/mol. The van der Waals surface area contributed by atoms with E-state index in [-0.39, 0.29) is 21.7 Å². The lowest BCUT2D eigenvalue weighted by molar-refractivity contribution is 0.240. The van der Waals surface area contributed by atoms with Crippen LogP contribution in [0.5, 0.6) is 0 Å². The molecule has 0 spiro atoms. The van der Waals surface area contributed by atoms with E-state index in [1.165, 1.54) is 41.9 Å². The molecule has 3 aromatic rings. The molecule has 1 aliphatic heterocycles. The van der Waals surface area contributed by atoms with Crippen LogP contribution in [0.25, 0.3) is 11.3 Å². The van der Waals surface area contributed by atoms with Crippen molar-refractivity contribution in [1.82, 2.24) is 15.0 Å². The molecule has 1 saturated heterocycles. The lowest BCUT2D eigenvalue weighted by atomic mass is 9.63. The number of piperidine rings is 1. The summed E-state index contributed by atoms with van der Waals surface area (Å²) in [5.41, 5.74) is 5.57. The van der Waals surface area contributed by atoms with Crippen LogP contribution in [-0.4, -0.2) is 42.4 Å². The topological polar surface area (TPSA) is 76.3 Å². The molecule has 2 aromatic heterocycles. The molecule has 6 nitrogen and oxygen atoms in total. The van der Waals surface area contributed by atoms with Crippen LogP contribution >= 0.6 is 11.3 Å². The highest BCUT2D eigenvalue weighted by atomic mass is 32.2. The number of benzene rings is 1. The largest absolute Gasteiger partial charge is 0.363 e. The Hall–Kier alpha value is -2.03. The SMILES string of the molecule is CC1(C)CCC(C)(C)c2cc(-c3csc(C4CCN(CS(=O)(=O)c5ccon5)CC4)n3)ccc21. The number of nitrogens with zero attached hydrogens (tertiary/aromatic N) is 3. The van der Waals surface area contributed by atoms with Crippen LogP contribution in [0, 0.1) is 0 Å².